The highest BCUT2D eigenvalue weighted by molar-refractivity contribution is 6.00. The molecule has 18 heavy (non-hydrogen) atoms. The van der Waals surface area contributed by atoms with Gasteiger partial charge < -0.3 is 5.11 Å². The third-order valence-corrected chi connectivity index (χ3v) is 3.56. The molecule has 0 aliphatic heterocycles. The van der Waals surface area contributed by atoms with E-state index in [0.29, 0.717) is 0 Å². The number of carbonyl (C=O) groups excluding carboxylic acids is 1. The molecule has 0 aromatic heterocycles. The maximum Gasteiger partial charge on any atom is 0.179 e. The van der Waals surface area contributed by atoms with E-state index in [1.54, 1.807) is 0 Å². The van der Waals surface area contributed by atoms with Crippen molar-refractivity contribution in [2.45, 2.75) is 38.8 Å². The molecule has 1 atom stereocenters. The van der Waals surface area contributed by atoms with Crippen LogP contribution in [0.3, 0.4) is 0 Å². The number of benzene rings is 1. The Morgan fingerprint density at radius 2 is 1.89 bits per heavy atom. The first-order valence-electron chi connectivity index (χ1n) is 6.37. The van der Waals surface area contributed by atoms with E-state index in [9.17, 15) is 9.90 Å². The van der Waals surface area contributed by atoms with Gasteiger partial charge in [-0.25, -0.2) is 0 Å². The van der Waals surface area contributed by atoms with E-state index >= 15 is 0 Å². The lowest BCUT2D eigenvalue weighted by atomic mass is 9.95. The predicted octanol–water partition coefficient (Wildman–Crippen LogP) is 2.35. The summed E-state index contributed by atoms with van der Waals surface area (Å²) in [5, 5.41) is 9.41. The van der Waals surface area contributed by atoms with Gasteiger partial charge in [-0.05, 0) is 27.3 Å². The van der Waals surface area contributed by atoms with Crippen LogP contribution in [0, 0.1) is 0 Å². The van der Waals surface area contributed by atoms with Crippen LogP contribution < -0.4 is 0 Å². The number of hydrogen-bond acceptors (Lipinski definition) is 3. The Bertz CT molecular complexity index is 387. The Morgan fingerprint density at radius 1 is 1.33 bits per heavy atom. The van der Waals surface area contributed by atoms with Gasteiger partial charge in [-0.15, -0.1) is 0 Å². The number of Topliss-reactive ketones (excluding diaryl/α,β-unsaturated/α-hetero) is 1. The zero-order chi connectivity index (χ0) is 13.8. The molecule has 0 amide bonds. The van der Waals surface area contributed by atoms with Crippen LogP contribution in [0.5, 0.6) is 0 Å². The van der Waals surface area contributed by atoms with Crippen molar-refractivity contribution in [3.8, 4) is 0 Å². The smallest absolute Gasteiger partial charge is 0.179 e. The van der Waals surface area contributed by atoms with E-state index in [1.807, 2.05) is 63.1 Å². The van der Waals surface area contributed by atoms with E-state index in [2.05, 4.69) is 0 Å². The lowest BCUT2D eigenvalue weighted by Crippen LogP contribution is -2.52. The summed E-state index contributed by atoms with van der Waals surface area (Å²) in [4.78, 5) is 14.4. The molecule has 0 saturated carbocycles. The molecular formula is C15H23NO2. The second kappa shape index (κ2) is 6.12. The van der Waals surface area contributed by atoms with Gasteiger partial charge in [0.15, 0.2) is 5.78 Å². The van der Waals surface area contributed by atoms with E-state index in [0.717, 1.165) is 12.0 Å². The summed E-state index contributed by atoms with van der Waals surface area (Å²) in [6.07, 6.45) is 0.730. The van der Waals surface area contributed by atoms with Gasteiger partial charge in [-0.1, -0.05) is 37.3 Å². The van der Waals surface area contributed by atoms with Crippen LogP contribution in [0.4, 0.5) is 0 Å². The maximum absolute atomic E-state index is 12.5. The van der Waals surface area contributed by atoms with Gasteiger partial charge in [0, 0.05) is 11.1 Å². The molecule has 1 unspecified atom stereocenters. The molecule has 0 fully saturated rings. The van der Waals surface area contributed by atoms with Gasteiger partial charge >= 0.3 is 0 Å². The number of likely N-dealkylation sites (N-methyl/N-ethyl adjacent to an activating group) is 1. The van der Waals surface area contributed by atoms with Crippen LogP contribution in [0.25, 0.3) is 0 Å². The quantitative estimate of drug-likeness (QED) is 0.787. The average molecular weight is 249 g/mol. The van der Waals surface area contributed by atoms with Crippen molar-refractivity contribution >= 4 is 5.78 Å². The Labute approximate surface area is 109 Å². The second-order valence-corrected chi connectivity index (χ2v) is 5.24. The van der Waals surface area contributed by atoms with Crippen molar-refractivity contribution < 1.29 is 9.90 Å². The van der Waals surface area contributed by atoms with Crippen LogP contribution in [-0.2, 0) is 0 Å². The molecular weight excluding hydrogens is 226 g/mol. The highest BCUT2D eigenvalue weighted by atomic mass is 16.3. The second-order valence-electron chi connectivity index (χ2n) is 5.24. The fourth-order valence-electron chi connectivity index (χ4n) is 1.96. The van der Waals surface area contributed by atoms with Crippen molar-refractivity contribution in [2.24, 2.45) is 0 Å². The molecule has 0 spiro atoms. The molecule has 3 nitrogen and oxygen atoms in total. The van der Waals surface area contributed by atoms with Crippen LogP contribution in [-0.4, -0.2) is 41.0 Å². The Kier molecular flexibility index (Phi) is 5.05. The van der Waals surface area contributed by atoms with Crippen molar-refractivity contribution in [1.82, 2.24) is 4.90 Å². The summed E-state index contributed by atoms with van der Waals surface area (Å²) in [5.74, 6) is 0.113. The van der Waals surface area contributed by atoms with Gasteiger partial charge in [0.25, 0.3) is 0 Å². The Morgan fingerprint density at radius 3 is 2.33 bits per heavy atom. The maximum atomic E-state index is 12.5. The molecule has 0 aliphatic carbocycles. The van der Waals surface area contributed by atoms with E-state index < -0.39 is 5.54 Å². The molecule has 1 N–H and O–H groups in total. The van der Waals surface area contributed by atoms with Crippen molar-refractivity contribution in [1.29, 1.82) is 0 Å². The Hall–Kier alpha value is -1.19. The standard InChI is InChI=1S/C15H23NO2/c1-5-13(16(4)15(2,3)11-17)14(18)12-9-7-6-8-10-12/h6-10,13,17H,5,11H2,1-4H3. The summed E-state index contributed by atoms with van der Waals surface area (Å²) < 4.78 is 0. The van der Waals surface area contributed by atoms with Gasteiger partial charge in [0.05, 0.1) is 12.6 Å². The van der Waals surface area contributed by atoms with Gasteiger partial charge in [-0.3, -0.25) is 9.69 Å². The zero-order valence-corrected chi connectivity index (χ0v) is 11.7. The van der Waals surface area contributed by atoms with Crippen molar-refractivity contribution in [3.63, 3.8) is 0 Å². The fourth-order valence-corrected chi connectivity index (χ4v) is 1.96. The first kappa shape index (κ1) is 14.9. The summed E-state index contributed by atoms with van der Waals surface area (Å²) in [6.45, 7) is 5.90. The fraction of sp³-hybridized carbons (Fsp3) is 0.533. The highest BCUT2D eigenvalue weighted by Crippen LogP contribution is 2.20. The van der Waals surface area contributed by atoms with Crippen LogP contribution >= 0.6 is 0 Å². The normalized spacial score (nSPS) is 13.7. The van der Waals surface area contributed by atoms with Crippen LogP contribution in [0.1, 0.15) is 37.6 Å². The largest absolute Gasteiger partial charge is 0.394 e. The topological polar surface area (TPSA) is 40.5 Å². The highest BCUT2D eigenvalue weighted by Gasteiger charge is 2.32. The lowest BCUT2D eigenvalue weighted by Gasteiger charge is -2.39. The molecule has 100 valence electrons. The van der Waals surface area contributed by atoms with Crippen molar-refractivity contribution in [3.05, 3.63) is 35.9 Å². The van der Waals surface area contributed by atoms with Crippen LogP contribution in [0.15, 0.2) is 30.3 Å². The number of carbonyl (C=O) groups is 1. The third-order valence-electron chi connectivity index (χ3n) is 3.56. The average Bonchev–Trinajstić information content (AvgIpc) is 2.40. The summed E-state index contributed by atoms with van der Waals surface area (Å²) >= 11 is 0. The molecule has 0 aliphatic rings. The number of ketones is 1. The minimum Gasteiger partial charge on any atom is -0.394 e. The van der Waals surface area contributed by atoms with Crippen LogP contribution in [0.2, 0.25) is 0 Å². The molecule has 1 rings (SSSR count). The minimum absolute atomic E-state index is 0.0298. The first-order valence-corrected chi connectivity index (χ1v) is 6.37. The Balaban J connectivity index is 2.94. The lowest BCUT2D eigenvalue weighted by molar-refractivity contribution is 0.0384. The molecule has 0 heterocycles. The SMILES string of the molecule is CCC(C(=O)c1ccccc1)N(C)C(C)(C)CO. The number of nitrogens with zero attached hydrogens (tertiary/aromatic N) is 1. The summed E-state index contributed by atoms with van der Waals surface area (Å²) in [5.41, 5.74) is 0.329. The third kappa shape index (κ3) is 3.18. The zero-order valence-electron chi connectivity index (χ0n) is 11.7. The number of hydrogen-bond donors (Lipinski definition) is 1. The minimum atomic E-state index is -0.398. The predicted molar refractivity (Wildman–Crippen MR) is 73.8 cm³/mol. The number of aliphatic hydroxyl groups excluding tert-OH is 1. The monoisotopic (exact) mass is 249 g/mol. The molecule has 0 radical (unpaired) electrons. The molecule has 0 bridgehead atoms. The van der Waals surface area contributed by atoms with Gasteiger partial charge in [0.1, 0.15) is 0 Å². The molecule has 1 aromatic carbocycles. The van der Waals surface area contributed by atoms with Gasteiger partial charge in [-0.2, -0.15) is 0 Å². The van der Waals surface area contributed by atoms with Gasteiger partial charge in [0.2, 0.25) is 0 Å². The summed E-state index contributed by atoms with van der Waals surface area (Å²) in [6, 6.07) is 9.12. The van der Waals surface area contributed by atoms with E-state index in [-0.39, 0.29) is 18.4 Å². The number of rotatable bonds is 6. The molecule has 3 heteroatoms. The van der Waals surface area contributed by atoms with E-state index in [4.69, 9.17) is 0 Å². The molecule has 0 saturated heterocycles. The number of aliphatic hydroxyl groups is 1. The van der Waals surface area contributed by atoms with Crippen molar-refractivity contribution in [2.75, 3.05) is 13.7 Å². The summed E-state index contributed by atoms with van der Waals surface area (Å²) in [7, 11) is 1.89. The molecule has 1 aromatic rings. The van der Waals surface area contributed by atoms with E-state index in [1.165, 1.54) is 0 Å². The first-order chi connectivity index (χ1) is 8.44.